The number of thiazole rings is 1. The molecule has 0 aliphatic heterocycles. The molecule has 0 bridgehead atoms. The van der Waals surface area contributed by atoms with E-state index in [1.807, 2.05) is 62.5 Å². The predicted octanol–water partition coefficient (Wildman–Crippen LogP) is 6.63. The van der Waals surface area contributed by atoms with Crippen molar-refractivity contribution in [1.82, 2.24) is 15.0 Å². The standard InChI is InChI=1S/C26H28N6O2S/c1-26(2,32-33)16-11-12-18(13-16)28-23-20(24-30-21-9-4-5-10-22(21)35-24)15-27-25(31-23)29-17-7-6-8-19(14-17)34-3/h4-10,14-16,18H,11-13H2,1-3H3,(H2,27,28,29,31). The summed E-state index contributed by atoms with van der Waals surface area (Å²) in [6.45, 7) is 3.83. The van der Waals surface area contributed by atoms with Gasteiger partial charge in [-0.15, -0.1) is 11.3 Å². The Bertz CT molecular complexity index is 1320. The van der Waals surface area contributed by atoms with Crippen LogP contribution in [0.5, 0.6) is 5.75 Å². The van der Waals surface area contributed by atoms with E-state index < -0.39 is 5.54 Å². The van der Waals surface area contributed by atoms with Crippen molar-refractivity contribution in [2.45, 2.75) is 44.7 Å². The normalized spacial score (nSPS) is 17.9. The van der Waals surface area contributed by atoms with Crippen molar-refractivity contribution in [1.29, 1.82) is 0 Å². The maximum atomic E-state index is 11.4. The van der Waals surface area contributed by atoms with Crippen LogP contribution in [-0.2, 0) is 0 Å². The summed E-state index contributed by atoms with van der Waals surface area (Å²) in [6, 6.07) is 15.9. The Kier molecular flexibility index (Phi) is 6.34. The van der Waals surface area contributed by atoms with Crippen LogP contribution in [0.25, 0.3) is 20.8 Å². The minimum Gasteiger partial charge on any atom is -0.497 e. The summed E-state index contributed by atoms with van der Waals surface area (Å²) in [5, 5.41) is 11.2. The Morgan fingerprint density at radius 1 is 1.11 bits per heavy atom. The number of aromatic nitrogens is 3. The largest absolute Gasteiger partial charge is 0.497 e. The molecule has 0 saturated heterocycles. The number of nitroso groups, excluding NO2 is 1. The first-order valence-electron chi connectivity index (χ1n) is 11.7. The highest BCUT2D eigenvalue weighted by atomic mass is 32.1. The van der Waals surface area contributed by atoms with Crippen molar-refractivity contribution in [3.8, 4) is 16.3 Å². The lowest BCUT2D eigenvalue weighted by atomic mass is 9.87. The molecule has 4 aromatic rings. The van der Waals surface area contributed by atoms with E-state index in [0.717, 1.165) is 57.3 Å². The molecule has 9 heteroatoms. The van der Waals surface area contributed by atoms with E-state index in [4.69, 9.17) is 14.7 Å². The molecule has 1 aliphatic carbocycles. The van der Waals surface area contributed by atoms with Gasteiger partial charge in [0.25, 0.3) is 0 Å². The molecule has 8 nitrogen and oxygen atoms in total. The molecule has 180 valence electrons. The van der Waals surface area contributed by atoms with Gasteiger partial charge in [0.05, 0.1) is 28.4 Å². The third kappa shape index (κ3) is 4.95. The number of rotatable bonds is 8. The summed E-state index contributed by atoms with van der Waals surface area (Å²) in [4.78, 5) is 25.6. The SMILES string of the molecule is COc1cccc(Nc2ncc(-c3nc4ccccc4s3)c(NC3CCC(C(C)(C)N=O)C3)n2)c1. The highest BCUT2D eigenvalue weighted by Crippen LogP contribution is 2.39. The molecule has 1 fully saturated rings. The van der Waals surface area contributed by atoms with Gasteiger partial charge in [-0.3, -0.25) is 0 Å². The van der Waals surface area contributed by atoms with Gasteiger partial charge in [-0.05, 0) is 63.3 Å². The lowest BCUT2D eigenvalue weighted by molar-refractivity contribution is 0.326. The molecule has 2 N–H and O–H groups in total. The van der Waals surface area contributed by atoms with Crippen molar-refractivity contribution < 1.29 is 4.74 Å². The molecule has 0 spiro atoms. The number of para-hydroxylation sites is 1. The third-order valence-corrected chi connectivity index (χ3v) is 7.72. The Labute approximate surface area is 208 Å². The van der Waals surface area contributed by atoms with Crippen LogP contribution in [0.2, 0.25) is 0 Å². The fourth-order valence-corrected chi connectivity index (χ4v) is 5.52. The fraction of sp³-hybridized carbons (Fsp3) is 0.346. The second-order valence-corrected chi connectivity index (χ2v) is 10.4. The van der Waals surface area contributed by atoms with Gasteiger partial charge in [0.2, 0.25) is 5.95 Å². The summed E-state index contributed by atoms with van der Waals surface area (Å²) < 4.78 is 6.44. The van der Waals surface area contributed by atoms with Crippen molar-refractivity contribution in [3.05, 3.63) is 59.6 Å². The first-order chi connectivity index (χ1) is 16.9. The zero-order chi connectivity index (χ0) is 24.4. The molecular weight excluding hydrogens is 460 g/mol. The van der Waals surface area contributed by atoms with Crippen molar-refractivity contribution in [2.24, 2.45) is 11.1 Å². The summed E-state index contributed by atoms with van der Waals surface area (Å²) in [6.07, 6.45) is 4.58. The van der Waals surface area contributed by atoms with E-state index in [0.29, 0.717) is 5.95 Å². The predicted molar refractivity (Wildman–Crippen MR) is 142 cm³/mol. The quantitative estimate of drug-likeness (QED) is 0.268. The second-order valence-electron chi connectivity index (χ2n) is 9.40. The van der Waals surface area contributed by atoms with E-state index in [1.54, 1.807) is 18.4 Å². The summed E-state index contributed by atoms with van der Waals surface area (Å²) in [5.74, 6) is 2.20. The van der Waals surface area contributed by atoms with E-state index in [2.05, 4.69) is 26.9 Å². The Morgan fingerprint density at radius 2 is 1.97 bits per heavy atom. The van der Waals surface area contributed by atoms with Gasteiger partial charge in [0.15, 0.2) is 0 Å². The molecule has 1 saturated carbocycles. The zero-order valence-electron chi connectivity index (χ0n) is 20.0. The number of benzene rings is 2. The summed E-state index contributed by atoms with van der Waals surface area (Å²) in [5.41, 5.74) is 2.08. The minimum absolute atomic E-state index is 0.189. The highest BCUT2D eigenvalue weighted by Gasteiger charge is 2.37. The van der Waals surface area contributed by atoms with Crippen LogP contribution in [0, 0.1) is 10.8 Å². The zero-order valence-corrected chi connectivity index (χ0v) is 20.8. The Morgan fingerprint density at radius 3 is 2.77 bits per heavy atom. The van der Waals surface area contributed by atoms with Gasteiger partial charge in [0, 0.05) is 24.0 Å². The Balaban J connectivity index is 1.47. The number of ether oxygens (including phenoxy) is 1. The number of fused-ring (bicyclic) bond motifs is 1. The minimum atomic E-state index is -0.572. The average molecular weight is 489 g/mol. The molecule has 2 unspecified atom stereocenters. The maximum Gasteiger partial charge on any atom is 0.229 e. The van der Waals surface area contributed by atoms with Gasteiger partial charge in [-0.25, -0.2) is 9.97 Å². The number of anilines is 3. The molecule has 1 aliphatic rings. The van der Waals surface area contributed by atoms with E-state index >= 15 is 0 Å². The fourth-order valence-electron chi connectivity index (χ4n) is 4.55. The second kappa shape index (κ2) is 9.58. The van der Waals surface area contributed by atoms with Gasteiger partial charge in [-0.1, -0.05) is 23.4 Å². The molecule has 5 rings (SSSR count). The third-order valence-electron chi connectivity index (χ3n) is 6.65. The molecule has 0 amide bonds. The molecule has 35 heavy (non-hydrogen) atoms. The van der Waals surface area contributed by atoms with E-state index in [1.165, 1.54) is 0 Å². The first-order valence-corrected chi connectivity index (χ1v) is 12.5. The highest BCUT2D eigenvalue weighted by molar-refractivity contribution is 7.21. The molecule has 2 aromatic heterocycles. The lowest BCUT2D eigenvalue weighted by Gasteiger charge is -2.24. The molecular formula is C26H28N6O2S. The van der Waals surface area contributed by atoms with Gasteiger partial charge < -0.3 is 15.4 Å². The molecule has 2 atom stereocenters. The van der Waals surface area contributed by atoms with E-state index in [-0.39, 0.29) is 12.0 Å². The summed E-state index contributed by atoms with van der Waals surface area (Å²) in [7, 11) is 1.64. The number of hydrogen-bond donors (Lipinski definition) is 2. The van der Waals surface area contributed by atoms with Crippen LogP contribution >= 0.6 is 11.3 Å². The first kappa shape index (κ1) is 23.2. The number of hydrogen-bond acceptors (Lipinski definition) is 9. The maximum absolute atomic E-state index is 11.4. The van der Waals surface area contributed by atoms with Gasteiger partial charge in [-0.2, -0.15) is 9.89 Å². The topological polar surface area (TPSA) is 101 Å². The van der Waals surface area contributed by atoms with Crippen LogP contribution in [0.4, 0.5) is 17.5 Å². The molecule has 2 aromatic carbocycles. The van der Waals surface area contributed by atoms with E-state index in [9.17, 15) is 4.91 Å². The smallest absolute Gasteiger partial charge is 0.229 e. The van der Waals surface area contributed by atoms with Crippen LogP contribution in [0.3, 0.4) is 0 Å². The van der Waals surface area contributed by atoms with Crippen molar-refractivity contribution >= 4 is 39.0 Å². The molecule has 2 heterocycles. The van der Waals surface area contributed by atoms with Crippen LogP contribution < -0.4 is 15.4 Å². The van der Waals surface area contributed by atoms with Crippen molar-refractivity contribution in [2.75, 3.05) is 17.7 Å². The summed E-state index contributed by atoms with van der Waals surface area (Å²) >= 11 is 1.62. The number of methoxy groups -OCH3 is 1. The van der Waals surface area contributed by atoms with Crippen LogP contribution in [-0.4, -0.2) is 33.6 Å². The monoisotopic (exact) mass is 488 g/mol. The van der Waals surface area contributed by atoms with Crippen molar-refractivity contribution in [3.63, 3.8) is 0 Å². The number of nitrogens with one attached hydrogen (secondary N) is 2. The van der Waals surface area contributed by atoms with Crippen LogP contribution in [0.1, 0.15) is 33.1 Å². The average Bonchev–Trinajstić information content (AvgIpc) is 3.52. The van der Waals surface area contributed by atoms with Gasteiger partial charge in [0.1, 0.15) is 16.6 Å². The number of nitrogens with zero attached hydrogens (tertiary/aromatic N) is 4. The van der Waals surface area contributed by atoms with Gasteiger partial charge >= 0.3 is 0 Å². The lowest BCUT2D eigenvalue weighted by Crippen LogP contribution is -2.28. The molecule has 0 radical (unpaired) electrons. The Hall–Kier alpha value is -3.59. The van der Waals surface area contributed by atoms with Crippen LogP contribution in [0.15, 0.2) is 59.9 Å².